The van der Waals surface area contributed by atoms with Crippen molar-refractivity contribution >= 4 is 65.7 Å². The van der Waals surface area contributed by atoms with Crippen molar-refractivity contribution in [3.05, 3.63) is 206 Å². The number of furan rings is 2. The Balaban J connectivity index is 0.929. The minimum absolute atomic E-state index is 0.581. The molecule has 0 saturated carbocycles. The van der Waals surface area contributed by atoms with Crippen LogP contribution in [-0.4, -0.2) is 19.5 Å². The van der Waals surface area contributed by atoms with Crippen molar-refractivity contribution in [2.24, 2.45) is 0 Å². The summed E-state index contributed by atoms with van der Waals surface area (Å²) in [6.45, 7) is 0. The van der Waals surface area contributed by atoms with Crippen molar-refractivity contribution in [2.75, 3.05) is 0 Å². The van der Waals surface area contributed by atoms with Gasteiger partial charge in [-0.1, -0.05) is 133 Å². The lowest BCUT2D eigenvalue weighted by Gasteiger charge is -2.13. The number of nitrogens with zero attached hydrogens (tertiary/aromatic N) is 4. The highest BCUT2D eigenvalue weighted by Gasteiger charge is 2.19. The third kappa shape index (κ3) is 5.76. The van der Waals surface area contributed by atoms with Gasteiger partial charge in [0.05, 0.1) is 11.0 Å². The van der Waals surface area contributed by atoms with Crippen LogP contribution in [0.3, 0.4) is 0 Å². The van der Waals surface area contributed by atoms with Crippen LogP contribution in [-0.2, 0) is 0 Å². The highest BCUT2D eigenvalue weighted by Crippen LogP contribution is 2.40. The minimum Gasteiger partial charge on any atom is -0.456 e. The van der Waals surface area contributed by atoms with Crippen LogP contribution in [0.25, 0.3) is 128 Å². The molecule has 6 heteroatoms. The van der Waals surface area contributed by atoms with Crippen LogP contribution in [0, 0.1) is 0 Å². The van der Waals surface area contributed by atoms with Crippen LogP contribution < -0.4 is 0 Å². The van der Waals surface area contributed by atoms with E-state index in [4.69, 9.17) is 23.8 Å². The van der Waals surface area contributed by atoms with Gasteiger partial charge in [0.1, 0.15) is 22.3 Å². The van der Waals surface area contributed by atoms with Gasteiger partial charge in [-0.15, -0.1) is 0 Å². The molecule has 0 saturated heterocycles. The van der Waals surface area contributed by atoms with E-state index in [0.717, 1.165) is 99.5 Å². The maximum Gasteiger partial charge on any atom is 0.164 e. The van der Waals surface area contributed by atoms with Crippen LogP contribution in [0.4, 0.5) is 0 Å². The molecule has 0 atom stereocenters. The summed E-state index contributed by atoms with van der Waals surface area (Å²) < 4.78 is 14.8. The van der Waals surface area contributed by atoms with E-state index in [1.54, 1.807) is 0 Å². The predicted octanol–water partition coefficient (Wildman–Crippen LogP) is 15.1. The molecular formula is C57H34N4O2. The SMILES string of the molecule is c1ccc(-c2nc(-c3ccc(-n4c5ccccc5c5cccc(-c6cccc(-c7ccc8oc9ccccc9c8c7)c6)c54)cc3)nc(-c3ccc4c(c3)oc3ccccc34)n2)cc1. The van der Waals surface area contributed by atoms with Gasteiger partial charge in [-0.3, -0.25) is 0 Å². The van der Waals surface area contributed by atoms with Crippen molar-refractivity contribution in [1.29, 1.82) is 0 Å². The molecule has 6 nitrogen and oxygen atoms in total. The molecule has 0 unspecified atom stereocenters. The van der Waals surface area contributed by atoms with Gasteiger partial charge in [0, 0.05) is 60.3 Å². The first kappa shape index (κ1) is 35.2. The summed E-state index contributed by atoms with van der Waals surface area (Å²) in [5.74, 6) is 1.78. The Kier molecular flexibility index (Phi) is 7.80. The van der Waals surface area contributed by atoms with Gasteiger partial charge >= 0.3 is 0 Å². The topological polar surface area (TPSA) is 69.9 Å². The standard InChI is InChI=1S/C57H34N4O2/c1-2-12-35(13-3-1)55-58-56(60-57(59-55)40-26-30-46-44-17-5-8-22-50(44)63-53(46)34-40)36-24-28-41(29-25-36)61-49-21-7-4-16-43(49)47-20-11-19-42(54(47)61)39-15-10-14-37(32-39)38-27-31-52-48(33-38)45-18-6-9-23-51(45)62-52/h1-34H. The van der Waals surface area contributed by atoms with E-state index in [1.807, 2.05) is 66.7 Å². The molecule has 0 bridgehead atoms. The first-order valence-electron chi connectivity index (χ1n) is 21.1. The zero-order valence-electron chi connectivity index (χ0n) is 33.7. The van der Waals surface area contributed by atoms with E-state index in [1.165, 1.54) is 10.8 Å². The number of rotatable bonds is 6. The molecule has 0 radical (unpaired) electrons. The Morgan fingerprint density at radius 3 is 1.62 bits per heavy atom. The molecule has 4 aromatic heterocycles. The fourth-order valence-electron chi connectivity index (χ4n) is 9.27. The average molecular weight is 807 g/mol. The predicted molar refractivity (Wildman–Crippen MR) is 256 cm³/mol. The Morgan fingerprint density at radius 2 is 0.825 bits per heavy atom. The number of hydrogen-bond donors (Lipinski definition) is 0. The van der Waals surface area contributed by atoms with Crippen molar-refractivity contribution in [2.45, 2.75) is 0 Å². The second kappa shape index (κ2) is 14.0. The normalized spacial score (nSPS) is 11.8. The lowest BCUT2D eigenvalue weighted by molar-refractivity contribution is 0.668. The third-order valence-corrected chi connectivity index (χ3v) is 12.3. The number of para-hydroxylation sites is 4. The molecule has 0 aliphatic rings. The first-order chi connectivity index (χ1) is 31.2. The van der Waals surface area contributed by atoms with Gasteiger partial charge in [0.15, 0.2) is 17.5 Å². The lowest BCUT2D eigenvalue weighted by atomic mass is 9.96. The maximum absolute atomic E-state index is 6.26. The fraction of sp³-hybridized carbons (Fsp3) is 0. The highest BCUT2D eigenvalue weighted by atomic mass is 16.3. The van der Waals surface area contributed by atoms with E-state index < -0.39 is 0 Å². The van der Waals surface area contributed by atoms with Gasteiger partial charge in [-0.05, 0) is 89.5 Å². The van der Waals surface area contributed by atoms with Gasteiger partial charge in [-0.25, -0.2) is 15.0 Å². The number of fused-ring (bicyclic) bond motifs is 9. The quantitative estimate of drug-likeness (QED) is 0.167. The third-order valence-electron chi connectivity index (χ3n) is 12.3. The maximum atomic E-state index is 6.26. The number of hydrogen-bond acceptors (Lipinski definition) is 5. The number of aromatic nitrogens is 4. The molecule has 4 heterocycles. The van der Waals surface area contributed by atoms with Crippen molar-refractivity contribution < 1.29 is 8.83 Å². The molecule has 63 heavy (non-hydrogen) atoms. The van der Waals surface area contributed by atoms with Gasteiger partial charge < -0.3 is 13.4 Å². The van der Waals surface area contributed by atoms with E-state index in [-0.39, 0.29) is 0 Å². The average Bonchev–Trinajstić information content (AvgIpc) is 4.03. The van der Waals surface area contributed by atoms with Crippen molar-refractivity contribution in [3.63, 3.8) is 0 Å². The molecule has 294 valence electrons. The van der Waals surface area contributed by atoms with Crippen molar-refractivity contribution in [3.8, 4) is 62.1 Å². The summed E-state index contributed by atoms with van der Waals surface area (Å²) in [7, 11) is 0. The molecule has 0 aliphatic carbocycles. The van der Waals surface area contributed by atoms with Crippen LogP contribution >= 0.6 is 0 Å². The summed E-state index contributed by atoms with van der Waals surface area (Å²) in [6.07, 6.45) is 0. The first-order valence-corrected chi connectivity index (χ1v) is 21.1. The summed E-state index contributed by atoms with van der Waals surface area (Å²) in [6, 6.07) is 71.8. The Labute approximate surface area is 361 Å². The largest absolute Gasteiger partial charge is 0.456 e. The molecular weight excluding hydrogens is 773 g/mol. The monoisotopic (exact) mass is 806 g/mol. The van der Waals surface area contributed by atoms with Gasteiger partial charge in [-0.2, -0.15) is 0 Å². The Bertz CT molecular complexity index is 3920. The molecule has 13 rings (SSSR count). The molecule has 0 N–H and O–H groups in total. The van der Waals surface area contributed by atoms with Gasteiger partial charge in [0.25, 0.3) is 0 Å². The molecule has 9 aromatic carbocycles. The Morgan fingerprint density at radius 1 is 0.302 bits per heavy atom. The second-order valence-corrected chi connectivity index (χ2v) is 16.0. The molecule has 0 amide bonds. The highest BCUT2D eigenvalue weighted by molar-refractivity contribution is 6.14. The lowest BCUT2D eigenvalue weighted by Crippen LogP contribution is -2.00. The van der Waals surface area contributed by atoms with E-state index in [2.05, 4.69) is 144 Å². The van der Waals surface area contributed by atoms with Crippen LogP contribution in [0.2, 0.25) is 0 Å². The zero-order chi connectivity index (χ0) is 41.4. The molecule has 0 fully saturated rings. The van der Waals surface area contributed by atoms with E-state index >= 15 is 0 Å². The van der Waals surface area contributed by atoms with Crippen LogP contribution in [0.15, 0.2) is 215 Å². The van der Waals surface area contributed by atoms with E-state index in [0.29, 0.717) is 17.5 Å². The molecule has 0 spiro atoms. The fourth-order valence-corrected chi connectivity index (χ4v) is 9.27. The summed E-state index contributed by atoms with van der Waals surface area (Å²) in [5.41, 5.74) is 14.0. The van der Waals surface area contributed by atoms with Gasteiger partial charge in [0.2, 0.25) is 0 Å². The zero-order valence-corrected chi connectivity index (χ0v) is 33.7. The van der Waals surface area contributed by atoms with E-state index in [9.17, 15) is 0 Å². The number of benzene rings is 9. The summed E-state index contributed by atoms with van der Waals surface area (Å²) in [5, 5.41) is 6.78. The second-order valence-electron chi connectivity index (χ2n) is 16.0. The summed E-state index contributed by atoms with van der Waals surface area (Å²) in [4.78, 5) is 15.1. The minimum atomic E-state index is 0.581. The van der Waals surface area contributed by atoms with Crippen LogP contribution in [0.5, 0.6) is 0 Å². The smallest absolute Gasteiger partial charge is 0.164 e. The molecule has 13 aromatic rings. The Hall–Kier alpha value is -8.61. The van der Waals surface area contributed by atoms with Crippen LogP contribution in [0.1, 0.15) is 0 Å². The summed E-state index contributed by atoms with van der Waals surface area (Å²) >= 11 is 0. The van der Waals surface area contributed by atoms with Crippen molar-refractivity contribution in [1.82, 2.24) is 19.5 Å². The molecule has 0 aliphatic heterocycles.